The highest BCUT2D eigenvalue weighted by Crippen LogP contribution is 2.23. The molecule has 0 spiro atoms. The van der Waals surface area contributed by atoms with Crippen LogP contribution in [0.4, 0.5) is 0 Å². The molecule has 0 aliphatic carbocycles. The monoisotopic (exact) mass is 273 g/mol. The van der Waals surface area contributed by atoms with Crippen LogP contribution < -0.4 is 4.74 Å². The molecular weight excluding hydrogens is 258 g/mol. The van der Waals surface area contributed by atoms with Gasteiger partial charge in [-0.2, -0.15) is 0 Å². The molecule has 3 nitrogen and oxygen atoms in total. The molecule has 0 bridgehead atoms. The van der Waals surface area contributed by atoms with E-state index in [0.29, 0.717) is 23.7 Å². The number of benzene rings is 1. The zero-order valence-electron chi connectivity index (χ0n) is 10.7. The first-order valence-corrected chi connectivity index (χ1v) is 7.07. The highest BCUT2D eigenvalue weighted by molar-refractivity contribution is 8.00. The van der Waals surface area contributed by atoms with Gasteiger partial charge in [0.2, 0.25) is 0 Å². The first-order valence-electron chi connectivity index (χ1n) is 6.09. The van der Waals surface area contributed by atoms with E-state index < -0.39 is 0 Å². The van der Waals surface area contributed by atoms with Gasteiger partial charge in [0.05, 0.1) is 17.9 Å². The number of thioether (sulfide) groups is 1. The number of carbonyl (C=O) groups excluding carboxylic acids is 1. The minimum absolute atomic E-state index is 0.0749. The molecule has 0 atom stereocenters. The number of para-hydroxylation sites is 1. The molecule has 98 valence electrons. The molecule has 0 aliphatic heterocycles. The zero-order valence-corrected chi connectivity index (χ0v) is 11.5. The third-order valence-electron chi connectivity index (χ3n) is 2.51. The van der Waals surface area contributed by atoms with Gasteiger partial charge in [0, 0.05) is 17.3 Å². The van der Waals surface area contributed by atoms with Crippen molar-refractivity contribution in [3.8, 4) is 5.75 Å². The summed E-state index contributed by atoms with van der Waals surface area (Å²) >= 11 is 1.51. The third kappa shape index (κ3) is 3.83. The van der Waals surface area contributed by atoms with Gasteiger partial charge in [-0.3, -0.25) is 9.78 Å². The lowest BCUT2D eigenvalue weighted by atomic mass is 10.1. The Kier molecular flexibility index (Phi) is 4.98. The van der Waals surface area contributed by atoms with E-state index in [2.05, 4.69) is 4.98 Å². The highest BCUT2D eigenvalue weighted by Gasteiger charge is 2.12. The van der Waals surface area contributed by atoms with Gasteiger partial charge in [-0.25, -0.2) is 0 Å². The lowest BCUT2D eigenvalue weighted by molar-refractivity contribution is 0.101. The second-order valence-electron chi connectivity index (χ2n) is 3.82. The van der Waals surface area contributed by atoms with Crippen molar-refractivity contribution in [3.05, 3.63) is 54.4 Å². The largest absolute Gasteiger partial charge is 0.493 e. The van der Waals surface area contributed by atoms with Crippen LogP contribution in [0.15, 0.2) is 53.7 Å². The van der Waals surface area contributed by atoms with Crippen LogP contribution in [0, 0.1) is 0 Å². The summed E-state index contributed by atoms with van der Waals surface area (Å²) in [7, 11) is 0. The summed E-state index contributed by atoms with van der Waals surface area (Å²) in [4.78, 5) is 17.2. The summed E-state index contributed by atoms with van der Waals surface area (Å²) < 4.78 is 5.47. The molecule has 4 heteroatoms. The fourth-order valence-corrected chi connectivity index (χ4v) is 2.41. The minimum atomic E-state index is 0.0749. The summed E-state index contributed by atoms with van der Waals surface area (Å²) in [6, 6.07) is 11.2. The Hall–Kier alpha value is -1.81. The molecule has 2 aromatic rings. The lowest BCUT2D eigenvalue weighted by Gasteiger charge is -2.08. The topological polar surface area (TPSA) is 39.2 Å². The number of pyridine rings is 1. The van der Waals surface area contributed by atoms with Crippen LogP contribution in [0.5, 0.6) is 5.75 Å². The van der Waals surface area contributed by atoms with E-state index in [-0.39, 0.29) is 5.78 Å². The second-order valence-corrected chi connectivity index (χ2v) is 4.87. The van der Waals surface area contributed by atoms with E-state index in [1.165, 1.54) is 11.8 Å². The number of nitrogens with zero attached hydrogens (tertiary/aromatic N) is 1. The van der Waals surface area contributed by atoms with E-state index in [9.17, 15) is 4.79 Å². The quantitative estimate of drug-likeness (QED) is 0.597. The van der Waals surface area contributed by atoms with E-state index in [1.807, 2.05) is 37.3 Å². The Bertz CT molecular complexity index is 543. The first-order chi connectivity index (χ1) is 9.31. The van der Waals surface area contributed by atoms with Crippen molar-refractivity contribution in [1.82, 2.24) is 4.98 Å². The summed E-state index contributed by atoms with van der Waals surface area (Å²) in [5.41, 5.74) is 0.644. The molecule has 0 unspecified atom stereocenters. The first kappa shape index (κ1) is 13.6. The van der Waals surface area contributed by atoms with E-state index in [0.717, 1.165) is 4.90 Å². The normalized spacial score (nSPS) is 10.2. The number of carbonyl (C=O) groups is 1. The predicted octanol–water partition coefficient (Wildman–Crippen LogP) is 3.46. The number of aromatic nitrogens is 1. The maximum atomic E-state index is 12.2. The maximum absolute atomic E-state index is 12.2. The fraction of sp³-hybridized carbons (Fsp3) is 0.200. The van der Waals surface area contributed by atoms with Crippen molar-refractivity contribution in [2.45, 2.75) is 11.8 Å². The molecule has 2 rings (SSSR count). The van der Waals surface area contributed by atoms with Crippen LogP contribution in [0.25, 0.3) is 0 Å². The van der Waals surface area contributed by atoms with Gasteiger partial charge in [0.1, 0.15) is 5.75 Å². The summed E-state index contributed by atoms with van der Waals surface area (Å²) in [6.07, 6.45) is 3.45. The van der Waals surface area contributed by atoms with Crippen LogP contribution in [0.2, 0.25) is 0 Å². The molecule has 1 heterocycles. The Morgan fingerprint density at radius 3 is 2.68 bits per heavy atom. The summed E-state index contributed by atoms with van der Waals surface area (Å²) in [5, 5.41) is 0. The Morgan fingerprint density at radius 1 is 1.21 bits per heavy atom. The van der Waals surface area contributed by atoms with Crippen LogP contribution in [0.1, 0.15) is 17.3 Å². The number of ketones is 1. The molecule has 0 saturated heterocycles. The minimum Gasteiger partial charge on any atom is -0.493 e. The summed E-state index contributed by atoms with van der Waals surface area (Å²) in [5.74, 6) is 1.13. The van der Waals surface area contributed by atoms with Crippen LogP contribution in [-0.4, -0.2) is 23.1 Å². The van der Waals surface area contributed by atoms with E-state index >= 15 is 0 Å². The second kappa shape index (κ2) is 6.95. The van der Waals surface area contributed by atoms with Gasteiger partial charge in [-0.1, -0.05) is 12.1 Å². The number of rotatable bonds is 6. The smallest absolute Gasteiger partial charge is 0.176 e. The third-order valence-corrected chi connectivity index (χ3v) is 3.52. The van der Waals surface area contributed by atoms with Gasteiger partial charge < -0.3 is 4.74 Å². The molecular formula is C15H15NO2S. The maximum Gasteiger partial charge on any atom is 0.176 e. The molecule has 1 aromatic heterocycles. The molecule has 0 saturated carbocycles. The molecule has 0 aliphatic rings. The molecule has 1 aromatic carbocycles. The Morgan fingerprint density at radius 2 is 1.95 bits per heavy atom. The van der Waals surface area contributed by atoms with Crippen LogP contribution in [0.3, 0.4) is 0 Å². The standard InChI is InChI=1S/C15H15NO2S/c1-2-18-15-6-4-3-5-13(15)14(17)11-19-12-7-9-16-10-8-12/h3-10H,2,11H2,1H3. The molecule has 19 heavy (non-hydrogen) atoms. The van der Waals surface area contributed by atoms with Gasteiger partial charge >= 0.3 is 0 Å². The van der Waals surface area contributed by atoms with E-state index in [4.69, 9.17) is 4.74 Å². The van der Waals surface area contributed by atoms with Crippen molar-refractivity contribution in [3.63, 3.8) is 0 Å². The van der Waals surface area contributed by atoms with Gasteiger partial charge in [0.25, 0.3) is 0 Å². The van der Waals surface area contributed by atoms with Crippen molar-refractivity contribution in [1.29, 1.82) is 0 Å². The van der Waals surface area contributed by atoms with Crippen LogP contribution in [-0.2, 0) is 0 Å². The van der Waals surface area contributed by atoms with Crippen molar-refractivity contribution >= 4 is 17.5 Å². The Labute approximate surface area is 117 Å². The van der Waals surface area contributed by atoms with Crippen molar-refractivity contribution in [2.24, 2.45) is 0 Å². The lowest BCUT2D eigenvalue weighted by Crippen LogP contribution is -2.06. The Balaban J connectivity index is 2.04. The SMILES string of the molecule is CCOc1ccccc1C(=O)CSc1ccncc1. The summed E-state index contributed by atoms with van der Waals surface area (Å²) in [6.45, 7) is 2.47. The highest BCUT2D eigenvalue weighted by atomic mass is 32.2. The molecule has 0 radical (unpaired) electrons. The van der Waals surface area contributed by atoms with Crippen LogP contribution >= 0.6 is 11.8 Å². The zero-order chi connectivity index (χ0) is 13.5. The van der Waals surface area contributed by atoms with Crippen molar-refractivity contribution < 1.29 is 9.53 Å². The number of hydrogen-bond acceptors (Lipinski definition) is 4. The number of Topliss-reactive ketones (excluding diaryl/α,β-unsaturated/α-hetero) is 1. The number of hydrogen-bond donors (Lipinski definition) is 0. The fourth-order valence-electron chi connectivity index (χ4n) is 1.64. The van der Waals surface area contributed by atoms with Gasteiger partial charge in [-0.15, -0.1) is 11.8 Å². The van der Waals surface area contributed by atoms with Crippen molar-refractivity contribution in [2.75, 3.05) is 12.4 Å². The molecule has 0 fully saturated rings. The molecule has 0 amide bonds. The average molecular weight is 273 g/mol. The van der Waals surface area contributed by atoms with E-state index in [1.54, 1.807) is 18.5 Å². The average Bonchev–Trinajstić information content (AvgIpc) is 2.47. The predicted molar refractivity (Wildman–Crippen MR) is 76.9 cm³/mol. The van der Waals surface area contributed by atoms with Gasteiger partial charge in [0.15, 0.2) is 5.78 Å². The number of ether oxygens (including phenoxy) is 1. The molecule has 0 N–H and O–H groups in total. The van der Waals surface area contributed by atoms with Gasteiger partial charge in [-0.05, 0) is 31.2 Å².